The number of hydrogen-bond donors (Lipinski definition) is 2. The van der Waals surface area contributed by atoms with Gasteiger partial charge in [0.15, 0.2) is 0 Å². The Bertz CT molecular complexity index is 546. The minimum atomic E-state index is -1.15. The molecule has 0 spiro atoms. The first-order chi connectivity index (χ1) is 8.80. The summed E-state index contributed by atoms with van der Waals surface area (Å²) in [6.07, 6.45) is 0. The SMILES string of the molecule is CC1(C)C(=O)NC(=O)CN1Cc1ccc(C(=O)O)o1. The smallest absolute Gasteiger partial charge is 0.371 e. The molecule has 0 saturated carbocycles. The number of carbonyl (C=O) groups is 3. The summed E-state index contributed by atoms with van der Waals surface area (Å²) in [5, 5.41) is 11.0. The standard InChI is InChI=1S/C12H14N2O5/c1-12(2)11(18)13-9(15)6-14(12)5-7-3-4-8(19-7)10(16)17/h3-4H,5-6H2,1-2H3,(H,16,17)(H,13,15,18). The van der Waals surface area contributed by atoms with Gasteiger partial charge in [0, 0.05) is 0 Å². The number of nitrogens with one attached hydrogen (secondary N) is 1. The topological polar surface area (TPSA) is 99.9 Å². The molecule has 1 aliphatic rings. The van der Waals surface area contributed by atoms with Crippen LogP contribution in [0.2, 0.25) is 0 Å². The van der Waals surface area contributed by atoms with Crippen molar-refractivity contribution in [3.8, 4) is 0 Å². The number of furan rings is 1. The summed E-state index contributed by atoms with van der Waals surface area (Å²) in [5.74, 6) is -1.69. The second-order valence-corrected chi connectivity index (χ2v) is 4.86. The van der Waals surface area contributed by atoms with Crippen LogP contribution in [-0.2, 0) is 16.1 Å². The van der Waals surface area contributed by atoms with E-state index in [1.54, 1.807) is 18.7 Å². The molecule has 7 heteroatoms. The van der Waals surface area contributed by atoms with Crippen molar-refractivity contribution in [2.24, 2.45) is 0 Å². The van der Waals surface area contributed by atoms with Gasteiger partial charge in [-0.1, -0.05) is 0 Å². The summed E-state index contributed by atoms with van der Waals surface area (Å²) in [6.45, 7) is 3.63. The Hall–Kier alpha value is -2.15. The molecule has 7 nitrogen and oxygen atoms in total. The second kappa shape index (κ2) is 4.51. The Morgan fingerprint density at radius 3 is 2.74 bits per heavy atom. The van der Waals surface area contributed by atoms with Gasteiger partial charge in [-0.25, -0.2) is 4.79 Å². The molecule has 1 aliphatic heterocycles. The molecule has 0 aliphatic carbocycles. The van der Waals surface area contributed by atoms with Crippen LogP contribution in [0.5, 0.6) is 0 Å². The van der Waals surface area contributed by atoms with Gasteiger partial charge in [-0.3, -0.25) is 19.8 Å². The molecule has 0 bridgehead atoms. The van der Waals surface area contributed by atoms with Gasteiger partial charge in [0.1, 0.15) is 5.76 Å². The molecule has 0 atom stereocenters. The van der Waals surface area contributed by atoms with Crippen LogP contribution in [0.15, 0.2) is 16.5 Å². The lowest BCUT2D eigenvalue weighted by Gasteiger charge is -2.39. The maximum atomic E-state index is 11.7. The third kappa shape index (κ3) is 2.50. The number of aromatic carboxylic acids is 1. The number of amides is 2. The normalized spacial score (nSPS) is 19.3. The Balaban J connectivity index is 2.18. The zero-order valence-corrected chi connectivity index (χ0v) is 10.6. The molecule has 0 aromatic carbocycles. The predicted octanol–water partition coefficient (Wildman–Crippen LogP) is 0.215. The van der Waals surface area contributed by atoms with E-state index in [4.69, 9.17) is 9.52 Å². The first-order valence-electron chi connectivity index (χ1n) is 5.72. The molecule has 2 N–H and O–H groups in total. The van der Waals surface area contributed by atoms with E-state index in [2.05, 4.69) is 5.32 Å². The average Bonchev–Trinajstić information content (AvgIpc) is 2.74. The molecule has 0 unspecified atom stereocenters. The van der Waals surface area contributed by atoms with Crippen LogP contribution in [0, 0.1) is 0 Å². The fourth-order valence-electron chi connectivity index (χ4n) is 1.85. The maximum absolute atomic E-state index is 11.7. The molecule has 2 heterocycles. The van der Waals surface area contributed by atoms with Crippen LogP contribution in [0.25, 0.3) is 0 Å². The van der Waals surface area contributed by atoms with Gasteiger partial charge in [-0.15, -0.1) is 0 Å². The molecule has 1 aromatic heterocycles. The summed E-state index contributed by atoms with van der Waals surface area (Å²) in [5.41, 5.74) is -0.857. The van der Waals surface area contributed by atoms with Crippen molar-refractivity contribution < 1.29 is 23.9 Å². The first kappa shape index (κ1) is 13.3. The highest BCUT2D eigenvalue weighted by Crippen LogP contribution is 2.21. The number of piperazine rings is 1. The largest absolute Gasteiger partial charge is 0.475 e. The summed E-state index contributed by atoms with van der Waals surface area (Å²) in [4.78, 5) is 35.5. The molecule has 2 rings (SSSR count). The Morgan fingerprint density at radius 2 is 2.16 bits per heavy atom. The van der Waals surface area contributed by atoms with Crippen molar-refractivity contribution >= 4 is 17.8 Å². The summed E-state index contributed by atoms with van der Waals surface area (Å²) in [6, 6.07) is 2.87. The molecule has 1 aromatic rings. The van der Waals surface area contributed by atoms with Crippen molar-refractivity contribution in [3.63, 3.8) is 0 Å². The highest BCUT2D eigenvalue weighted by atomic mass is 16.4. The molecule has 102 valence electrons. The van der Waals surface area contributed by atoms with E-state index in [0.717, 1.165) is 0 Å². The van der Waals surface area contributed by atoms with Gasteiger partial charge >= 0.3 is 5.97 Å². The van der Waals surface area contributed by atoms with Crippen molar-refractivity contribution in [3.05, 3.63) is 23.7 Å². The van der Waals surface area contributed by atoms with Crippen LogP contribution in [0.4, 0.5) is 0 Å². The lowest BCUT2D eigenvalue weighted by Crippen LogP contribution is -2.63. The molecular weight excluding hydrogens is 252 g/mol. The van der Waals surface area contributed by atoms with Gasteiger partial charge in [-0.05, 0) is 26.0 Å². The lowest BCUT2D eigenvalue weighted by atomic mass is 9.98. The number of rotatable bonds is 3. The van der Waals surface area contributed by atoms with Crippen molar-refractivity contribution in [2.75, 3.05) is 6.54 Å². The highest BCUT2D eigenvalue weighted by molar-refractivity contribution is 6.02. The number of nitrogens with zero attached hydrogens (tertiary/aromatic N) is 1. The van der Waals surface area contributed by atoms with E-state index in [1.807, 2.05) is 0 Å². The molecule has 1 saturated heterocycles. The third-order valence-corrected chi connectivity index (χ3v) is 3.15. The number of carboxylic acids is 1. The predicted molar refractivity (Wildman–Crippen MR) is 63.3 cm³/mol. The van der Waals surface area contributed by atoms with Crippen LogP contribution >= 0.6 is 0 Å². The first-order valence-corrected chi connectivity index (χ1v) is 5.72. The Morgan fingerprint density at radius 1 is 1.47 bits per heavy atom. The summed E-state index contributed by atoms with van der Waals surface area (Å²) >= 11 is 0. The van der Waals surface area contributed by atoms with Crippen molar-refractivity contribution in [1.82, 2.24) is 10.2 Å². The number of carbonyl (C=O) groups excluding carboxylic acids is 2. The average molecular weight is 266 g/mol. The van der Waals surface area contributed by atoms with Gasteiger partial charge in [0.25, 0.3) is 0 Å². The van der Waals surface area contributed by atoms with Crippen LogP contribution in [0.1, 0.15) is 30.2 Å². The van der Waals surface area contributed by atoms with E-state index in [9.17, 15) is 14.4 Å². The van der Waals surface area contributed by atoms with E-state index in [0.29, 0.717) is 5.76 Å². The molecule has 2 amide bonds. The molecular formula is C12H14N2O5. The van der Waals surface area contributed by atoms with Gasteiger partial charge in [0.2, 0.25) is 17.6 Å². The number of imide groups is 1. The molecule has 19 heavy (non-hydrogen) atoms. The monoisotopic (exact) mass is 266 g/mol. The van der Waals surface area contributed by atoms with Crippen molar-refractivity contribution in [2.45, 2.75) is 25.9 Å². The van der Waals surface area contributed by atoms with Crippen LogP contribution < -0.4 is 5.32 Å². The highest BCUT2D eigenvalue weighted by Gasteiger charge is 2.41. The third-order valence-electron chi connectivity index (χ3n) is 3.15. The van der Waals surface area contributed by atoms with Crippen LogP contribution in [-0.4, -0.2) is 39.9 Å². The fourth-order valence-corrected chi connectivity index (χ4v) is 1.85. The zero-order valence-electron chi connectivity index (χ0n) is 10.6. The van der Waals surface area contributed by atoms with E-state index in [-0.39, 0.29) is 30.7 Å². The van der Waals surface area contributed by atoms with Crippen molar-refractivity contribution in [1.29, 1.82) is 0 Å². The molecule has 1 fully saturated rings. The van der Waals surface area contributed by atoms with E-state index >= 15 is 0 Å². The minimum absolute atomic E-state index is 0.0574. The van der Waals surface area contributed by atoms with E-state index < -0.39 is 11.5 Å². The van der Waals surface area contributed by atoms with Gasteiger partial charge < -0.3 is 9.52 Å². The number of carboxylic acid groups (broad SMARTS) is 1. The zero-order chi connectivity index (χ0) is 14.2. The fraction of sp³-hybridized carbons (Fsp3) is 0.417. The Labute approximate surface area is 109 Å². The number of hydrogen-bond acceptors (Lipinski definition) is 5. The summed E-state index contributed by atoms with van der Waals surface area (Å²) < 4.78 is 5.13. The minimum Gasteiger partial charge on any atom is -0.475 e. The van der Waals surface area contributed by atoms with Crippen LogP contribution in [0.3, 0.4) is 0 Å². The summed E-state index contributed by atoms with van der Waals surface area (Å²) in [7, 11) is 0. The van der Waals surface area contributed by atoms with Gasteiger partial charge in [0.05, 0.1) is 18.6 Å². The quantitative estimate of drug-likeness (QED) is 0.759. The lowest BCUT2D eigenvalue weighted by molar-refractivity contribution is -0.145. The Kier molecular flexibility index (Phi) is 3.15. The second-order valence-electron chi connectivity index (χ2n) is 4.86. The van der Waals surface area contributed by atoms with E-state index in [1.165, 1.54) is 12.1 Å². The maximum Gasteiger partial charge on any atom is 0.371 e. The van der Waals surface area contributed by atoms with Gasteiger partial charge in [-0.2, -0.15) is 0 Å². The molecule has 0 radical (unpaired) electrons.